The number of anilines is 1. The number of sulfonamides is 1. The van der Waals surface area contributed by atoms with Crippen LogP contribution in [0.5, 0.6) is 5.75 Å². The molecule has 2 rings (SSSR count). The topological polar surface area (TPSA) is 81.4 Å². The van der Waals surface area contributed by atoms with E-state index in [0.29, 0.717) is 12.3 Å². The van der Waals surface area contributed by atoms with Gasteiger partial charge >= 0.3 is 0 Å². The van der Waals surface area contributed by atoms with Crippen LogP contribution < -0.4 is 15.2 Å². The number of nitrogens with two attached hydrogens (primary N) is 1. The number of hydrogen-bond donors (Lipinski definition) is 2. The Balaban J connectivity index is 2.46. The first-order chi connectivity index (χ1) is 6.97. The van der Waals surface area contributed by atoms with Crippen LogP contribution in [-0.2, 0) is 10.0 Å². The third-order valence-corrected chi connectivity index (χ3v) is 3.10. The van der Waals surface area contributed by atoms with Crippen LogP contribution in [0.15, 0.2) is 23.1 Å². The number of benzene rings is 1. The summed E-state index contributed by atoms with van der Waals surface area (Å²) >= 11 is 0. The van der Waals surface area contributed by atoms with Crippen LogP contribution in [0.4, 0.5) is 5.69 Å². The molecule has 1 unspecified atom stereocenters. The number of hydrogen-bond acceptors (Lipinski definition) is 4. The maximum Gasteiger partial charge on any atom is 0.238 e. The molecule has 1 atom stereocenters. The van der Waals surface area contributed by atoms with Crippen molar-refractivity contribution in [3.05, 3.63) is 18.2 Å². The van der Waals surface area contributed by atoms with Crippen molar-refractivity contribution >= 4 is 15.7 Å². The summed E-state index contributed by atoms with van der Waals surface area (Å²) in [4.78, 5) is 0.0668. The lowest BCUT2D eigenvalue weighted by atomic mass is 10.2. The molecular formula is C9H12N2O3S. The fourth-order valence-corrected chi connectivity index (χ4v) is 1.96. The maximum absolute atomic E-state index is 11.1. The van der Waals surface area contributed by atoms with Gasteiger partial charge in [-0.25, -0.2) is 13.6 Å². The summed E-state index contributed by atoms with van der Waals surface area (Å²) < 4.78 is 27.7. The van der Waals surface area contributed by atoms with Crippen molar-refractivity contribution in [1.29, 1.82) is 0 Å². The van der Waals surface area contributed by atoms with Gasteiger partial charge in [-0.05, 0) is 19.1 Å². The zero-order valence-corrected chi connectivity index (χ0v) is 9.04. The van der Waals surface area contributed by atoms with Crippen molar-refractivity contribution in [3.8, 4) is 5.75 Å². The summed E-state index contributed by atoms with van der Waals surface area (Å²) in [6.45, 7) is 2.61. The van der Waals surface area contributed by atoms with Crippen LogP contribution in [0.1, 0.15) is 6.92 Å². The molecular weight excluding hydrogens is 216 g/mol. The first kappa shape index (κ1) is 10.3. The van der Waals surface area contributed by atoms with Gasteiger partial charge in [0.2, 0.25) is 10.0 Å². The van der Waals surface area contributed by atoms with Crippen LogP contribution in [0.25, 0.3) is 0 Å². The highest BCUT2D eigenvalue weighted by Gasteiger charge is 2.18. The van der Waals surface area contributed by atoms with E-state index in [1.165, 1.54) is 12.1 Å². The minimum atomic E-state index is -3.66. The monoisotopic (exact) mass is 228 g/mol. The molecule has 0 saturated carbocycles. The van der Waals surface area contributed by atoms with Crippen molar-refractivity contribution in [3.63, 3.8) is 0 Å². The second-order valence-corrected chi connectivity index (χ2v) is 5.07. The van der Waals surface area contributed by atoms with Gasteiger partial charge in [0.25, 0.3) is 0 Å². The Hall–Kier alpha value is -1.27. The van der Waals surface area contributed by atoms with E-state index in [4.69, 9.17) is 9.88 Å². The van der Waals surface area contributed by atoms with Crippen molar-refractivity contribution in [2.45, 2.75) is 17.9 Å². The Bertz CT molecular complexity index is 484. The number of ether oxygens (including phenoxy) is 1. The molecule has 1 aliphatic rings. The van der Waals surface area contributed by atoms with E-state index >= 15 is 0 Å². The van der Waals surface area contributed by atoms with Crippen LogP contribution in [-0.4, -0.2) is 21.1 Å². The van der Waals surface area contributed by atoms with Gasteiger partial charge in [-0.3, -0.25) is 0 Å². The smallest absolute Gasteiger partial charge is 0.238 e. The van der Waals surface area contributed by atoms with E-state index in [9.17, 15) is 8.42 Å². The highest BCUT2D eigenvalue weighted by molar-refractivity contribution is 7.89. The molecule has 0 aliphatic carbocycles. The third-order valence-electron chi connectivity index (χ3n) is 2.19. The van der Waals surface area contributed by atoms with Crippen molar-refractivity contribution in [2.75, 3.05) is 11.9 Å². The zero-order chi connectivity index (χ0) is 11.1. The van der Waals surface area contributed by atoms with Gasteiger partial charge in [0.15, 0.2) is 0 Å². The SMILES string of the molecule is CC1CNc2ccc(S(N)(=O)=O)cc2O1. The zero-order valence-electron chi connectivity index (χ0n) is 8.23. The average Bonchev–Trinajstić information content (AvgIpc) is 2.15. The van der Waals surface area contributed by atoms with E-state index in [1.807, 2.05) is 6.92 Å². The van der Waals surface area contributed by atoms with Crippen molar-refractivity contribution < 1.29 is 13.2 Å². The molecule has 0 spiro atoms. The Morgan fingerprint density at radius 2 is 2.27 bits per heavy atom. The van der Waals surface area contributed by atoms with Crippen LogP contribution in [0, 0.1) is 0 Å². The molecule has 0 aromatic heterocycles. The molecule has 0 amide bonds. The van der Waals surface area contributed by atoms with Gasteiger partial charge < -0.3 is 10.1 Å². The second kappa shape index (κ2) is 3.39. The number of primary sulfonamides is 1. The molecule has 0 bridgehead atoms. The van der Waals surface area contributed by atoms with Gasteiger partial charge in [-0.1, -0.05) is 0 Å². The van der Waals surface area contributed by atoms with E-state index in [1.54, 1.807) is 6.07 Å². The van der Waals surface area contributed by atoms with E-state index in [-0.39, 0.29) is 11.0 Å². The Morgan fingerprint density at radius 3 is 2.93 bits per heavy atom. The standard InChI is InChI=1S/C9H12N2O3S/c1-6-5-11-8-3-2-7(15(10,12)13)4-9(8)14-6/h2-4,6,11H,5H2,1H3,(H2,10,12,13). The summed E-state index contributed by atoms with van der Waals surface area (Å²) in [6.07, 6.45) is 0.0215. The summed E-state index contributed by atoms with van der Waals surface area (Å²) in [5.74, 6) is 0.528. The minimum absolute atomic E-state index is 0.0215. The predicted octanol–water partition coefficient (Wildman–Crippen LogP) is 0.527. The van der Waals surface area contributed by atoms with Gasteiger partial charge in [0.1, 0.15) is 11.9 Å². The lowest BCUT2D eigenvalue weighted by molar-refractivity contribution is 0.225. The number of fused-ring (bicyclic) bond motifs is 1. The maximum atomic E-state index is 11.1. The molecule has 5 nitrogen and oxygen atoms in total. The molecule has 1 aromatic rings. The molecule has 0 radical (unpaired) electrons. The van der Waals surface area contributed by atoms with Gasteiger partial charge in [0, 0.05) is 6.07 Å². The predicted molar refractivity (Wildman–Crippen MR) is 56.4 cm³/mol. The molecule has 15 heavy (non-hydrogen) atoms. The summed E-state index contributed by atoms with van der Waals surface area (Å²) in [5, 5.41) is 8.15. The number of nitrogens with one attached hydrogen (secondary N) is 1. The van der Waals surface area contributed by atoms with Gasteiger partial charge in [-0.15, -0.1) is 0 Å². The molecule has 1 aromatic carbocycles. The Kier molecular flexibility index (Phi) is 2.32. The summed E-state index contributed by atoms with van der Waals surface area (Å²) in [7, 11) is -3.66. The summed E-state index contributed by atoms with van der Waals surface area (Å²) in [5.41, 5.74) is 0.792. The highest BCUT2D eigenvalue weighted by Crippen LogP contribution is 2.30. The number of rotatable bonds is 1. The molecule has 82 valence electrons. The lowest BCUT2D eigenvalue weighted by Gasteiger charge is -2.24. The first-order valence-electron chi connectivity index (χ1n) is 4.54. The van der Waals surface area contributed by atoms with Crippen molar-refractivity contribution in [1.82, 2.24) is 0 Å². The minimum Gasteiger partial charge on any atom is -0.487 e. The van der Waals surface area contributed by atoms with Gasteiger partial charge in [0.05, 0.1) is 17.1 Å². The highest BCUT2D eigenvalue weighted by atomic mass is 32.2. The molecule has 6 heteroatoms. The van der Waals surface area contributed by atoms with Crippen LogP contribution in [0.3, 0.4) is 0 Å². The normalized spacial score (nSPS) is 20.0. The quantitative estimate of drug-likeness (QED) is 0.734. The molecule has 1 heterocycles. The van der Waals surface area contributed by atoms with Crippen LogP contribution in [0.2, 0.25) is 0 Å². The largest absolute Gasteiger partial charge is 0.487 e. The molecule has 1 aliphatic heterocycles. The average molecular weight is 228 g/mol. The van der Waals surface area contributed by atoms with E-state index in [2.05, 4.69) is 5.32 Å². The van der Waals surface area contributed by atoms with E-state index < -0.39 is 10.0 Å². The molecule has 0 saturated heterocycles. The fourth-order valence-electron chi connectivity index (χ4n) is 1.44. The molecule has 3 N–H and O–H groups in total. The Labute approximate surface area is 88.3 Å². The summed E-state index contributed by atoms with van der Waals surface area (Å²) in [6, 6.07) is 4.55. The molecule has 0 fully saturated rings. The van der Waals surface area contributed by atoms with E-state index in [0.717, 1.165) is 5.69 Å². The Morgan fingerprint density at radius 1 is 1.53 bits per heavy atom. The van der Waals surface area contributed by atoms with Gasteiger partial charge in [-0.2, -0.15) is 0 Å². The lowest BCUT2D eigenvalue weighted by Crippen LogP contribution is -2.28. The van der Waals surface area contributed by atoms with Crippen LogP contribution >= 0.6 is 0 Å². The fraction of sp³-hybridized carbons (Fsp3) is 0.333. The third kappa shape index (κ3) is 2.05. The second-order valence-electron chi connectivity index (χ2n) is 3.51. The first-order valence-corrected chi connectivity index (χ1v) is 6.09. The van der Waals surface area contributed by atoms with Crippen molar-refractivity contribution in [2.24, 2.45) is 5.14 Å².